The molecule has 0 spiro atoms. The zero-order valence-corrected chi connectivity index (χ0v) is 22.6. The van der Waals surface area contributed by atoms with Crippen molar-refractivity contribution < 1.29 is 9.47 Å². The van der Waals surface area contributed by atoms with Crippen molar-refractivity contribution in [3.8, 4) is 11.5 Å². The molecule has 208 valence electrons. The van der Waals surface area contributed by atoms with Gasteiger partial charge in [-0.3, -0.25) is 15.0 Å². The fourth-order valence-corrected chi connectivity index (χ4v) is 3.19. The normalized spacial score (nSPS) is 12.4. The van der Waals surface area contributed by atoms with Gasteiger partial charge in [-0.2, -0.15) is 0 Å². The fraction of sp³-hybridized carbons (Fsp3) is 0.444. The minimum absolute atomic E-state index is 0.416. The second-order valence-corrected chi connectivity index (χ2v) is 8.39. The quantitative estimate of drug-likeness (QED) is 0.0937. The van der Waals surface area contributed by atoms with E-state index in [1.807, 2.05) is 62.6 Å². The summed E-state index contributed by atoms with van der Waals surface area (Å²) in [5, 5.41) is 9.18. The molecule has 11 heteroatoms. The van der Waals surface area contributed by atoms with Gasteiger partial charge in [0.05, 0.1) is 26.3 Å². The first kappa shape index (κ1) is 30.4. The van der Waals surface area contributed by atoms with Gasteiger partial charge in [-0.25, -0.2) is 0 Å². The zero-order chi connectivity index (χ0) is 27.4. The maximum absolute atomic E-state index is 6.00. The first-order valence-electron chi connectivity index (χ1n) is 12.9. The van der Waals surface area contributed by atoms with Gasteiger partial charge in [0.25, 0.3) is 0 Å². The molecule has 0 radical (unpaired) electrons. The molecule has 2 aromatic rings. The number of rotatable bonds is 18. The average molecular weight is 526 g/mol. The highest BCUT2D eigenvalue weighted by molar-refractivity contribution is 5.98. The Hall–Kier alpha value is -3.83. The lowest BCUT2D eigenvalue weighted by Crippen LogP contribution is -2.33. The van der Waals surface area contributed by atoms with Crippen molar-refractivity contribution in [2.45, 2.75) is 12.8 Å². The molecule has 0 amide bonds. The van der Waals surface area contributed by atoms with Crippen LogP contribution < -0.4 is 42.6 Å². The summed E-state index contributed by atoms with van der Waals surface area (Å²) in [5.41, 5.74) is 19.7. The van der Waals surface area contributed by atoms with Crippen molar-refractivity contribution in [3.63, 3.8) is 0 Å². The molecular weight excluding hydrogens is 482 g/mol. The highest BCUT2D eigenvalue weighted by Gasteiger charge is 2.01. The van der Waals surface area contributed by atoms with Crippen LogP contribution in [0.1, 0.15) is 24.0 Å². The Labute approximate surface area is 226 Å². The summed E-state index contributed by atoms with van der Waals surface area (Å²) < 4.78 is 11.5. The Kier molecular flexibility index (Phi) is 14.7. The van der Waals surface area contributed by atoms with Crippen LogP contribution in [-0.4, -0.2) is 84.2 Å². The Morgan fingerprint density at radius 2 is 1.11 bits per heavy atom. The van der Waals surface area contributed by atoms with Gasteiger partial charge in [-0.05, 0) is 69.0 Å². The molecular formula is C27H43N9O2. The van der Waals surface area contributed by atoms with E-state index in [0.717, 1.165) is 48.6 Å². The number of likely N-dealkylation sites (N-methyl/N-ethyl adjacent to an activating group) is 2. The summed E-state index contributed by atoms with van der Waals surface area (Å²) in [7, 11) is 3.77. The molecule has 0 aliphatic carbocycles. The molecule has 0 aromatic heterocycles. The van der Waals surface area contributed by atoms with E-state index >= 15 is 0 Å². The lowest BCUT2D eigenvalue weighted by atomic mass is 10.2. The third kappa shape index (κ3) is 12.4. The molecule has 0 aliphatic heterocycles. The highest BCUT2D eigenvalue weighted by Crippen LogP contribution is 2.13. The molecule has 0 aliphatic rings. The van der Waals surface area contributed by atoms with Gasteiger partial charge < -0.3 is 42.6 Å². The van der Waals surface area contributed by atoms with Gasteiger partial charge in [0, 0.05) is 43.7 Å². The number of amidine groups is 2. The third-order valence-corrected chi connectivity index (χ3v) is 5.34. The van der Waals surface area contributed by atoms with Crippen molar-refractivity contribution in [2.24, 2.45) is 32.2 Å². The minimum Gasteiger partial charge on any atom is -0.494 e. The maximum Gasteiger partial charge on any atom is 0.188 e. The number of nitrogens with one attached hydrogen (secondary N) is 3. The van der Waals surface area contributed by atoms with E-state index < -0.39 is 0 Å². The second kappa shape index (κ2) is 18.4. The zero-order valence-electron chi connectivity index (χ0n) is 22.6. The summed E-state index contributed by atoms with van der Waals surface area (Å²) in [6, 6.07) is 15.2. The predicted molar refractivity (Wildman–Crippen MR) is 157 cm³/mol. The number of nitrogens with two attached hydrogens (primary N) is 3. The third-order valence-electron chi connectivity index (χ3n) is 5.34. The first-order chi connectivity index (χ1) is 18.5. The summed E-state index contributed by atoms with van der Waals surface area (Å²) in [6.45, 7) is 5.22. The molecule has 9 N–H and O–H groups in total. The minimum atomic E-state index is 0.416. The van der Waals surface area contributed by atoms with E-state index in [9.17, 15) is 0 Å². The number of hydrogen-bond acceptors (Lipinski definition) is 7. The Morgan fingerprint density at radius 1 is 0.632 bits per heavy atom. The number of nitrogens with zero attached hydrogens (tertiary/aromatic N) is 3. The predicted octanol–water partition coefficient (Wildman–Crippen LogP) is 0.678. The van der Waals surface area contributed by atoms with Crippen LogP contribution in [0.5, 0.6) is 11.5 Å². The van der Waals surface area contributed by atoms with Gasteiger partial charge in [0.2, 0.25) is 0 Å². The monoisotopic (exact) mass is 525 g/mol. The van der Waals surface area contributed by atoms with E-state index in [1.165, 1.54) is 0 Å². The van der Waals surface area contributed by atoms with Gasteiger partial charge in [0.1, 0.15) is 23.2 Å². The molecule has 0 saturated heterocycles. The average Bonchev–Trinajstić information content (AvgIpc) is 2.93. The van der Waals surface area contributed by atoms with Crippen LogP contribution in [0.3, 0.4) is 0 Å². The molecule has 2 rings (SSSR count). The van der Waals surface area contributed by atoms with Crippen LogP contribution in [0.2, 0.25) is 0 Å². The number of ether oxygens (including phenoxy) is 2. The van der Waals surface area contributed by atoms with Crippen molar-refractivity contribution >= 4 is 17.6 Å². The highest BCUT2D eigenvalue weighted by atomic mass is 16.5. The second-order valence-electron chi connectivity index (χ2n) is 8.39. The molecule has 11 nitrogen and oxygen atoms in total. The molecule has 0 heterocycles. The van der Waals surface area contributed by atoms with Crippen LogP contribution in [-0.2, 0) is 0 Å². The smallest absolute Gasteiger partial charge is 0.188 e. The van der Waals surface area contributed by atoms with E-state index in [4.69, 9.17) is 26.7 Å². The van der Waals surface area contributed by atoms with Crippen LogP contribution in [0.15, 0.2) is 63.5 Å². The van der Waals surface area contributed by atoms with Crippen LogP contribution in [0, 0.1) is 0 Å². The van der Waals surface area contributed by atoms with Gasteiger partial charge >= 0.3 is 0 Å². The van der Waals surface area contributed by atoms with Crippen molar-refractivity contribution in [1.29, 1.82) is 0 Å². The maximum atomic E-state index is 6.00. The molecule has 38 heavy (non-hydrogen) atoms. The topological polar surface area (TPSA) is 170 Å². The van der Waals surface area contributed by atoms with E-state index in [-0.39, 0.29) is 0 Å². The van der Waals surface area contributed by atoms with Gasteiger partial charge in [0.15, 0.2) is 5.96 Å². The Bertz CT molecular complexity index is 1010. The molecule has 2 aromatic carbocycles. The number of guanidine groups is 1. The van der Waals surface area contributed by atoms with E-state index in [1.54, 1.807) is 0 Å². The first-order valence-corrected chi connectivity index (χ1v) is 12.9. The van der Waals surface area contributed by atoms with Crippen molar-refractivity contribution in [1.82, 2.24) is 16.0 Å². The van der Waals surface area contributed by atoms with E-state index in [0.29, 0.717) is 57.0 Å². The molecule has 0 fully saturated rings. The number of hydrogen-bond donors (Lipinski definition) is 6. The SMILES string of the molecule is CNCCN=C(N)c1ccc(OCCCN=C(N)NCCCOc2ccc(C(N)=NCCNC)cc2)cc1. The molecule has 0 bridgehead atoms. The fourth-order valence-electron chi connectivity index (χ4n) is 3.19. The number of aliphatic imine (C=N–C) groups is 3. The summed E-state index contributed by atoms with van der Waals surface area (Å²) in [4.78, 5) is 13.0. The van der Waals surface area contributed by atoms with E-state index in [2.05, 4.69) is 30.9 Å². The number of benzene rings is 2. The Morgan fingerprint density at radius 3 is 1.58 bits per heavy atom. The summed E-state index contributed by atoms with van der Waals surface area (Å²) in [5.74, 6) is 3.03. The lowest BCUT2D eigenvalue weighted by molar-refractivity contribution is 0.311. The summed E-state index contributed by atoms with van der Waals surface area (Å²) in [6.07, 6.45) is 1.54. The Balaban J connectivity index is 1.56. The van der Waals surface area contributed by atoms with Crippen LogP contribution >= 0.6 is 0 Å². The standard InChI is InChI=1S/C27H43N9O2/c1-31-15-17-33-25(28)21-5-9-23(10-6-21)37-19-3-13-35-27(30)36-14-4-20-38-24-11-7-22(8-12-24)26(29)34-18-16-32-2/h5-12,31-32H,3-4,13-20H2,1-2H3,(H2,28,33)(H2,29,34)(H3,30,35,36). The molecule has 0 unspecified atom stereocenters. The van der Waals surface area contributed by atoms with Gasteiger partial charge in [-0.15, -0.1) is 0 Å². The molecule has 0 saturated carbocycles. The summed E-state index contributed by atoms with van der Waals surface area (Å²) >= 11 is 0. The van der Waals surface area contributed by atoms with Crippen LogP contribution in [0.4, 0.5) is 0 Å². The molecule has 0 atom stereocenters. The van der Waals surface area contributed by atoms with Crippen molar-refractivity contribution in [3.05, 3.63) is 59.7 Å². The lowest BCUT2D eigenvalue weighted by Gasteiger charge is -2.09. The van der Waals surface area contributed by atoms with Crippen LogP contribution in [0.25, 0.3) is 0 Å². The van der Waals surface area contributed by atoms with Gasteiger partial charge in [-0.1, -0.05) is 0 Å². The van der Waals surface area contributed by atoms with Crippen molar-refractivity contribution in [2.75, 3.05) is 66.6 Å². The largest absolute Gasteiger partial charge is 0.494 e.